The van der Waals surface area contributed by atoms with Crippen LogP contribution in [0.2, 0.25) is 0 Å². The number of thiazole rings is 1. The second-order valence-corrected chi connectivity index (χ2v) is 8.33. The first kappa shape index (κ1) is 19.0. The number of carboxylic acid groups (broad SMARTS) is 1. The minimum atomic E-state index is -0.954. The third-order valence-corrected chi connectivity index (χ3v) is 6.54. The summed E-state index contributed by atoms with van der Waals surface area (Å²) in [5.41, 5.74) is 1.07. The van der Waals surface area contributed by atoms with Gasteiger partial charge in [0.15, 0.2) is 0 Å². The van der Waals surface area contributed by atoms with E-state index in [4.69, 9.17) is 10.1 Å². The summed E-state index contributed by atoms with van der Waals surface area (Å²) in [6, 6.07) is 4.13. The lowest BCUT2D eigenvalue weighted by molar-refractivity contribution is -0.145. The van der Waals surface area contributed by atoms with Crippen molar-refractivity contribution in [3.8, 4) is 9.88 Å². The monoisotopic (exact) mass is 393 g/mol. The molecule has 26 heavy (non-hydrogen) atoms. The van der Waals surface area contributed by atoms with Crippen LogP contribution in [-0.2, 0) is 16.1 Å². The first-order valence-electron chi connectivity index (χ1n) is 8.72. The van der Waals surface area contributed by atoms with E-state index in [9.17, 15) is 9.59 Å². The first-order chi connectivity index (χ1) is 12.5. The van der Waals surface area contributed by atoms with Crippen LogP contribution >= 0.6 is 22.7 Å². The van der Waals surface area contributed by atoms with Crippen molar-refractivity contribution in [2.45, 2.75) is 38.8 Å². The maximum absolute atomic E-state index is 11.8. The van der Waals surface area contributed by atoms with Gasteiger partial charge in [0.05, 0.1) is 10.6 Å². The molecule has 1 fully saturated rings. The Hall–Kier alpha value is -1.77. The molecular formula is C18H23N3O3S2. The lowest BCUT2D eigenvalue weighted by Crippen LogP contribution is -2.42. The molecule has 2 aromatic rings. The number of carbonyl (C=O) groups excluding carboxylic acids is 1. The number of thiophene rings is 1. The Balaban J connectivity index is 1.58. The smallest absolute Gasteiger partial charge is 0.323 e. The molecule has 1 N–H and O–H groups in total. The van der Waals surface area contributed by atoms with Crippen molar-refractivity contribution < 1.29 is 14.7 Å². The van der Waals surface area contributed by atoms with Gasteiger partial charge in [-0.1, -0.05) is 6.07 Å². The Kier molecular flexibility index (Phi) is 6.39. The topological polar surface area (TPSA) is 73.7 Å². The zero-order chi connectivity index (χ0) is 18.5. The number of rotatable bonds is 6. The number of carboxylic acids is 1. The van der Waals surface area contributed by atoms with E-state index in [0.717, 1.165) is 49.6 Å². The lowest BCUT2D eigenvalue weighted by Gasteiger charge is -2.28. The summed E-state index contributed by atoms with van der Waals surface area (Å²) in [4.78, 5) is 32.7. The number of aromatic nitrogens is 1. The van der Waals surface area contributed by atoms with Gasteiger partial charge in [-0.15, -0.1) is 22.7 Å². The molecule has 0 aromatic carbocycles. The van der Waals surface area contributed by atoms with Crippen molar-refractivity contribution in [2.24, 2.45) is 0 Å². The molecule has 1 amide bonds. The molecule has 8 heteroatoms. The molecule has 2 aromatic heterocycles. The van der Waals surface area contributed by atoms with Gasteiger partial charge in [0.1, 0.15) is 11.6 Å². The van der Waals surface area contributed by atoms with E-state index in [1.165, 1.54) is 16.7 Å². The minimum Gasteiger partial charge on any atom is -0.480 e. The van der Waals surface area contributed by atoms with Crippen LogP contribution in [0.5, 0.6) is 0 Å². The van der Waals surface area contributed by atoms with E-state index in [2.05, 4.69) is 21.7 Å². The molecule has 0 bridgehead atoms. The van der Waals surface area contributed by atoms with Crippen LogP contribution in [0.25, 0.3) is 9.88 Å². The Morgan fingerprint density at radius 2 is 2.19 bits per heavy atom. The van der Waals surface area contributed by atoms with Gasteiger partial charge < -0.3 is 10.0 Å². The molecule has 3 heterocycles. The second kappa shape index (κ2) is 8.75. The number of aliphatic carboxylic acids is 1. The highest BCUT2D eigenvalue weighted by atomic mass is 32.1. The molecule has 1 unspecified atom stereocenters. The summed E-state index contributed by atoms with van der Waals surface area (Å²) in [7, 11) is 0. The normalized spacial score (nSPS) is 18.4. The van der Waals surface area contributed by atoms with Crippen molar-refractivity contribution in [1.29, 1.82) is 0 Å². The van der Waals surface area contributed by atoms with Crippen LogP contribution in [0.4, 0.5) is 0 Å². The van der Waals surface area contributed by atoms with Crippen LogP contribution in [0.1, 0.15) is 31.9 Å². The molecule has 1 saturated heterocycles. The van der Waals surface area contributed by atoms with E-state index in [0.29, 0.717) is 0 Å². The molecule has 0 aliphatic carbocycles. The van der Waals surface area contributed by atoms with Gasteiger partial charge in [-0.3, -0.25) is 14.5 Å². The SMILES string of the molecule is CC(=O)N(CC(=O)O)C1CCCN(Cc2csc(-c3cccs3)n2)CC1. The van der Waals surface area contributed by atoms with Gasteiger partial charge in [0, 0.05) is 31.4 Å². The summed E-state index contributed by atoms with van der Waals surface area (Å²) >= 11 is 3.37. The molecule has 3 rings (SSSR count). The fraction of sp³-hybridized carbons (Fsp3) is 0.500. The lowest BCUT2D eigenvalue weighted by atomic mass is 10.1. The quantitative estimate of drug-likeness (QED) is 0.816. The van der Waals surface area contributed by atoms with Crippen molar-refractivity contribution >= 4 is 34.6 Å². The molecule has 0 radical (unpaired) electrons. The highest BCUT2D eigenvalue weighted by Crippen LogP contribution is 2.28. The van der Waals surface area contributed by atoms with Crippen LogP contribution in [0, 0.1) is 0 Å². The number of amides is 1. The summed E-state index contributed by atoms with van der Waals surface area (Å²) in [5.74, 6) is -1.11. The summed E-state index contributed by atoms with van der Waals surface area (Å²) in [6.07, 6.45) is 2.60. The van der Waals surface area contributed by atoms with Crippen molar-refractivity contribution in [3.63, 3.8) is 0 Å². The molecule has 0 spiro atoms. The number of carbonyl (C=O) groups is 2. The predicted molar refractivity (Wildman–Crippen MR) is 103 cm³/mol. The summed E-state index contributed by atoms with van der Waals surface area (Å²) in [6.45, 7) is 3.83. The van der Waals surface area contributed by atoms with E-state index in [1.807, 2.05) is 6.07 Å². The Morgan fingerprint density at radius 3 is 2.88 bits per heavy atom. The van der Waals surface area contributed by atoms with E-state index in [-0.39, 0.29) is 18.5 Å². The fourth-order valence-electron chi connectivity index (χ4n) is 3.37. The average molecular weight is 394 g/mol. The number of nitrogens with zero attached hydrogens (tertiary/aromatic N) is 3. The third-order valence-electron chi connectivity index (χ3n) is 4.61. The zero-order valence-corrected chi connectivity index (χ0v) is 16.4. The maximum Gasteiger partial charge on any atom is 0.323 e. The van der Waals surface area contributed by atoms with Crippen molar-refractivity contribution in [3.05, 3.63) is 28.6 Å². The first-order valence-corrected chi connectivity index (χ1v) is 10.5. The van der Waals surface area contributed by atoms with Crippen molar-refractivity contribution in [2.75, 3.05) is 19.6 Å². The van der Waals surface area contributed by atoms with Crippen LogP contribution < -0.4 is 0 Å². The second-order valence-electron chi connectivity index (χ2n) is 6.52. The van der Waals surface area contributed by atoms with Crippen LogP contribution in [0.3, 0.4) is 0 Å². The molecule has 6 nitrogen and oxygen atoms in total. The maximum atomic E-state index is 11.8. The van der Waals surface area contributed by atoms with Gasteiger partial charge in [0.2, 0.25) is 5.91 Å². The standard InChI is InChI=1S/C18H23N3O3S2/c1-13(22)21(11-17(23)24)15-4-2-7-20(8-6-15)10-14-12-26-18(19-14)16-5-3-9-25-16/h3,5,9,12,15H,2,4,6-8,10-11H2,1H3,(H,23,24). The summed E-state index contributed by atoms with van der Waals surface area (Å²) < 4.78 is 0. The fourth-order valence-corrected chi connectivity index (χ4v) is 5.00. The van der Waals surface area contributed by atoms with E-state index >= 15 is 0 Å². The average Bonchev–Trinajstić information content (AvgIpc) is 3.21. The molecule has 1 aliphatic rings. The highest BCUT2D eigenvalue weighted by Gasteiger charge is 2.26. The minimum absolute atomic E-state index is 0.00529. The Labute approximate surface area is 161 Å². The third kappa shape index (κ3) is 4.90. The molecule has 140 valence electrons. The summed E-state index contributed by atoms with van der Waals surface area (Å²) in [5, 5.41) is 14.3. The van der Waals surface area contributed by atoms with Gasteiger partial charge in [-0.2, -0.15) is 0 Å². The highest BCUT2D eigenvalue weighted by molar-refractivity contribution is 7.20. The number of hydrogen-bond acceptors (Lipinski definition) is 6. The Morgan fingerprint density at radius 1 is 1.35 bits per heavy atom. The van der Waals surface area contributed by atoms with Crippen LogP contribution in [-0.4, -0.2) is 57.4 Å². The van der Waals surface area contributed by atoms with Gasteiger partial charge in [0.25, 0.3) is 0 Å². The molecule has 1 aliphatic heterocycles. The zero-order valence-electron chi connectivity index (χ0n) is 14.8. The Bertz CT molecular complexity index is 745. The van der Waals surface area contributed by atoms with Crippen molar-refractivity contribution in [1.82, 2.24) is 14.8 Å². The van der Waals surface area contributed by atoms with Gasteiger partial charge >= 0.3 is 5.97 Å². The predicted octanol–water partition coefficient (Wildman–Crippen LogP) is 3.16. The van der Waals surface area contributed by atoms with Gasteiger partial charge in [-0.25, -0.2) is 4.98 Å². The number of hydrogen-bond donors (Lipinski definition) is 1. The molecule has 1 atom stereocenters. The largest absolute Gasteiger partial charge is 0.480 e. The number of likely N-dealkylation sites (tertiary alicyclic amines) is 1. The van der Waals surface area contributed by atoms with Gasteiger partial charge in [-0.05, 0) is 37.3 Å². The molecule has 0 saturated carbocycles. The van der Waals surface area contributed by atoms with Crippen LogP contribution in [0.15, 0.2) is 22.9 Å². The van der Waals surface area contributed by atoms with E-state index < -0.39 is 5.97 Å². The molecular weight excluding hydrogens is 370 g/mol. The van der Waals surface area contributed by atoms with E-state index in [1.54, 1.807) is 22.7 Å².